The van der Waals surface area contributed by atoms with Gasteiger partial charge in [0.05, 0.1) is 0 Å². The van der Waals surface area contributed by atoms with Gasteiger partial charge in [0.2, 0.25) is 0 Å². The molecule has 0 amide bonds. The van der Waals surface area contributed by atoms with Crippen molar-refractivity contribution in [3.8, 4) is 0 Å². The molecule has 0 unspecified atom stereocenters. The van der Waals surface area contributed by atoms with Crippen LogP contribution in [0.4, 0.5) is 6.18 Å². The number of rotatable bonds is 2. The summed E-state index contributed by atoms with van der Waals surface area (Å²) >= 11 is -2.50. The summed E-state index contributed by atoms with van der Waals surface area (Å²) in [7, 11) is 1.00. The van der Waals surface area contributed by atoms with E-state index >= 15 is 0 Å². The number of hydrogen-bond acceptors (Lipinski definition) is 1. The Morgan fingerprint density at radius 1 is 1.38 bits per heavy atom. The summed E-state index contributed by atoms with van der Waals surface area (Å²) in [5.74, 6) is 0.993. The van der Waals surface area contributed by atoms with Crippen molar-refractivity contribution in [3.63, 3.8) is 0 Å². The quantitative estimate of drug-likeness (QED) is 0.568. The molecular formula is C9H18F2OTi. The van der Waals surface area contributed by atoms with Crippen molar-refractivity contribution in [1.29, 1.82) is 0 Å². The molecule has 78 valence electrons. The summed E-state index contributed by atoms with van der Waals surface area (Å²) < 4.78 is 19.5. The normalized spacial score (nSPS) is 14.8. The van der Waals surface area contributed by atoms with E-state index in [-0.39, 0.29) is 0 Å². The van der Waals surface area contributed by atoms with E-state index in [9.17, 15) is 6.18 Å². The first kappa shape index (κ1) is 15.7. The second-order valence-corrected chi connectivity index (χ2v) is 2.97. The molecule has 0 atom stereocenters. The molecule has 0 bridgehead atoms. The van der Waals surface area contributed by atoms with Gasteiger partial charge in [0, 0.05) is 7.11 Å². The molecule has 0 aromatic heterocycles. The number of hydrogen-bond donors (Lipinski definition) is 1. The molecule has 1 aliphatic carbocycles. The molecule has 1 N–H and O–H groups in total. The Bertz CT molecular complexity index is 95.6. The maximum absolute atomic E-state index is 9.75. The van der Waals surface area contributed by atoms with Gasteiger partial charge in [0.25, 0.3) is 0 Å². The van der Waals surface area contributed by atoms with Crippen LogP contribution in [0.15, 0.2) is 12.7 Å². The molecule has 0 aromatic carbocycles. The SMILES string of the molecule is C=CCC1CCCC1.CO.[F][Ti][F]. The van der Waals surface area contributed by atoms with Gasteiger partial charge >= 0.3 is 26.4 Å². The standard InChI is InChI=1S/C8H14.CH4O.2FH.Ti/c1-2-5-8-6-3-4-7-8;1-2;;;/h2,8H,1,3-7H2;2H,1H3;2*1H;/q;;;;+2/p-2. The zero-order chi connectivity index (χ0) is 10.5. The monoisotopic (exact) mass is 228 g/mol. The van der Waals surface area contributed by atoms with Crippen molar-refractivity contribution in [3.05, 3.63) is 12.7 Å². The Hall–Kier alpha value is 0.274. The topological polar surface area (TPSA) is 20.2 Å². The molecule has 1 fully saturated rings. The van der Waals surface area contributed by atoms with Crippen LogP contribution in [0, 0.1) is 5.92 Å². The van der Waals surface area contributed by atoms with Crippen molar-refractivity contribution in [2.75, 3.05) is 7.11 Å². The van der Waals surface area contributed by atoms with Crippen LogP contribution in [0.5, 0.6) is 0 Å². The van der Waals surface area contributed by atoms with E-state index in [2.05, 4.69) is 12.7 Å². The summed E-state index contributed by atoms with van der Waals surface area (Å²) in [5, 5.41) is 7.00. The van der Waals surface area contributed by atoms with Gasteiger partial charge in [-0.2, -0.15) is 0 Å². The predicted octanol–water partition coefficient (Wildman–Crippen LogP) is 3.20. The van der Waals surface area contributed by atoms with Crippen LogP contribution < -0.4 is 0 Å². The van der Waals surface area contributed by atoms with Gasteiger partial charge in [-0.15, -0.1) is 6.58 Å². The van der Waals surface area contributed by atoms with Crippen molar-refractivity contribution in [1.82, 2.24) is 0 Å². The minimum absolute atomic E-state index is 0.993. The van der Waals surface area contributed by atoms with E-state index in [1.807, 2.05) is 0 Å². The van der Waals surface area contributed by atoms with Crippen LogP contribution in [0.2, 0.25) is 0 Å². The van der Waals surface area contributed by atoms with E-state index in [0.717, 1.165) is 13.0 Å². The number of aliphatic hydroxyl groups is 1. The molecule has 0 heterocycles. The van der Waals surface area contributed by atoms with E-state index < -0.39 is 20.2 Å². The third kappa shape index (κ3) is 12.3. The average molecular weight is 228 g/mol. The molecule has 1 aliphatic rings. The van der Waals surface area contributed by atoms with Crippen molar-refractivity contribution >= 4 is 0 Å². The fourth-order valence-corrected chi connectivity index (χ4v) is 1.48. The molecular weight excluding hydrogens is 210 g/mol. The van der Waals surface area contributed by atoms with Gasteiger partial charge in [-0.1, -0.05) is 31.8 Å². The van der Waals surface area contributed by atoms with Gasteiger partial charge in [-0.05, 0) is 12.3 Å². The van der Waals surface area contributed by atoms with Gasteiger partial charge in [-0.25, -0.2) is 0 Å². The predicted molar refractivity (Wildman–Crippen MR) is 47.1 cm³/mol. The Morgan fingerprint density at radius 2 is 1.77 bits per heavy atom. The number of allylic oxidation sites excluding steroid dienone is 1. The third-order valence-electron chi connectivity index (χ3n) is 1.97. The maximum atomic E-state index is 9.75. The van der Waals surface area contributed by atoms with E-state index in [0.29, 0.717) is 0 Å². The Morgan fingerprint density at radius 3 is 2.08 bits per heavy atom. The summed E-state index contributed by atoms with van der Waals surface area (Å²) in [6.45, 7) is 3.72. The van der Waals surface area contributed by atoms with Crippen LogP contribution in [0.1, 0.15) is 32.1 Å². The van der Waals surface area contributed by atoms with E-state index in [4.69, 9.17) is 5.11 Å². The molecule has 1 rings (SSSR count). The van der Waals surface area contributed by atoms with Crippen molar-refractivity contribution in [2.45, 2.75) is 32.1 Å². The molecule has 0 aliphatic heterocycles. The molecule has 0 spiro atoms. The fraction of sp³-hybridized carbons (Fsp3) is 0.778. The summed E-state index contributed by atoms with van der Waals surface area (Å²) in [6, 6.07) is 0. The average Bonchev–Trinajstić information content (AvgIpc) is 2.63. The zero-order valence-corrected chi connectivity index (χ0v) is 9.66. The second kappa shape index (κ2) is 14.8. The number of aliphatic hydroxyl groups excluding tert-OH is 1. The van der Waals surface area contributed by atoms with Gasteiger partial charge in [0.1, 0.15) is 0 Å². The minimum atomic E-state index is -2.50. The molecule has 1 nitrogen and oxygen atoms in total. The first-order valence-electron chi connectivity index (χ1n) is 4.37. The third-order valence-corrected chi connectivity index (χ3v) is 1.97. The molecule has 4 heteroatoms. The molecule has 0 radical (unpaired) electrons. The first-order chi connectivity index (χ1) is 6.35. The summed E-state index contributed by atoms with van der Waals surface area (Å²) in [6.07, 6.45) is 9.12. The Labute approximate surface area is 89.5 Å². The zero-order valence-electron chi connectivity index (χ0n) is 8.10. The molecule has 1 saturated carbocycles. The van der Waals surface area contributed by atoms with Crippen LogP contribution in [-0.2, 0) is 20.2 Å². The van der Waals surface area contributed by atoms with E-state index in [1.54, 1.807) is 0 Å². The van der Waals surface area contributed by atoms with Crippen molar-refractivity contribution in [2.24, 2.45) is 5.92 Å². The molecule has 13 heavy (non-hydrogen) atoms. The van der Waals surface area contributed by atoms with Gasteiger partial charge in [0.15, 0.2) is 0 Å². The van der Waals surface area contributed by atoms with Gasteiger partial charge < -0.3 is 5.11 Å². The van der Waals surface area contributed by atoms with Crippen LogP contribution in [-0.4, -0.2) is 12.2 Å². The van der Waals surface area contributed by atoms with Crippen LogP contribution in [0.25, 0.3) is 0 Å². The molecule has 0 aromatic rings. The summed E-state index contributed by atoms with van der Waals surface area (Å²) in [5.41, 5.74) is 0. The summed E-state index contributed by atoms with van der Waals surface area (Å²) in [4.78, 5) is 0. The molecule has 0 saturated heterocycles. The van der Waals surface area contributed by atoms with E-state index in [1.165, 1.54) is 32.1 Å². The Balaban J connectivity index is 0. The van der Waals surface area contributed by atoms with Crippen molar-refractivity contribution < 1.29 is 31.5 Å². The van der Waals surface area contributed by atoms with Gasteiger partial charge in [-0.3, -0.25) is 0 Å². The Kier molecular flexibility index (Phi) is 17.9. The number of halogens is 2. The van der Waals surface area contributed by atoms with Crippen LogP contribution >= 0.6 is 0 Å². The van der Waals surface area contributed by atoms with Crippen LogP contribution in [0.3, 0.4) is 0 Å². The second-order valence-electron chi connectivity index (χ2n) is 2.75. The first-order valence-corrected chi connectivity index (χ1v) is 5.55. The fourth-order valence-electron chi connectivity index (χ4n) is 1.48.